The fourth-order valence-electron chi connectivity index (χ4n) is 1.65. The van der Waals surface area contributed by atoms with Crippen molar-refractivity contribution in [2.45, 2.75) is 64.3 Å². The van der Waals surface area contributed by atoms with Gasteiger partial charge in [0.15, 0.2) is 0 Å². The van der Waals surface area contributed by atoms with Gasteiger partial charge in [0.05, 0.1) is 6.61 Å². The van der Waals surface area contributed by atoms with Crippen molar-refractivity contribution >= 4 is 5.97 Å². The number of ether oxygens (including phenoxy) is 1. The number of nitrogens with two attached hydrogens (primary N) is 2. The molecule has 0 saturated carbocycles. The summed E-state index contributed by atoms with van der Waals surface area (Å²) >= 11 is 0. The maximum Gasteiger partial charge on any atom is 0.305 e. The average Bonchev–Trinajstić information content (AvgIpc) is 2.32. The molecule has 0 aromatic rings. The van der Waals surface area contributed by atoms with E-state index in [0.717, 1.165) is 44.9 Å². The Morgan fingerprint density at radius 1 is 1.18 bits per heavy atom. The van der Waals surface area contributed by atoms with Crippen LogP contribution in [0.15, 0.2) is 0 Å². The topological polar surface area (TPSA) is 78.3 Å². The lowest BCUT2D eigenvalue weighted by molar-refractivity contribution is -0.143. The lowest BCUT2D eigenvalue weighted by Gasteiger charge is -2.10. The molecule has 0 bridgehead atoms. The lowest BCUT2D eigenvalue weighted by Crippen LogP contribution is -2.21. The number of unbranched alkanes of at least 4 members (excludes halogenated alkanes) is 2. The average molecular weight is 244 g/mol. The summed E-state index contributed by atoms with van der Waals surface area (Å²) in [6.07, 6.45) is 7.40. The van der Waals surface area contributed by atoms with Crippen LogP contribution in [0.4, 0.5) is 0 Å². The molecule has 0 amide bonds. The number of carbonyl (C=O) groups is 1. The summed E-state index contributed by atoms with van der Waals surface area (Å²) in [5.41, 5.74) is 11.3. The summed E-state index contributed by atoms with van der Waals surface area (Å²) in [6.45, 7) is 3.31. The Morgan fingerprint density at radius 3 is 2.53 bits per heavy atom. The molecule has 1 unspecified atom stereocenters. The zero-order valence-corrected chi connectivity index (χ0v) is 11.1. The van der Waals surface area contributed by atoms with Gasteiger partial charge in [0, 0.05) is 12.5 Å². The molecule has 0 rings (SSSR count). The molecular formula is C13H28N2O2. The quantitative estimate of drug-likeness (QED) is 0.430. The molecule has 4 heteroatoms. The molecule has 0 spiro atoms. The van der Waals surface area contributed by atoms with Gasteiger partial charge in [0.2, 0.25) is 0 Å². The highest BCUT2D eigenvalue weighted by atomic mass is 16.5. The number of carbonyl (C=O) groups excluding carboxylic acids is 1. The van der Waals surface area contributed by atoms with Crippen molar-refractivity contribution < 1.29 is 9.53 Å². The number of hydrogen-bond acceptors (Lipinski definition) is 4. The Hall–Kier alpha value is -0.610. The number of hydrogen-bond donors (Lipinski definition) is 2. The van der Waals surface area contributed by atoms with E-state index in [0.29, 0.717) is 19.6 Å². The Morgan fingerprint density at radius 2 is 1.88 bits per heavy atom. The van der Waals surface area contributed by atoms with Crippen LogP contribution in [0.1, 0.15) is 58.3 Å². The molecule has 0 fully saturated rings. The van der Waals surface area contributed by atoms with Crippen molar-refractivity contribution in [3.63, 3.8) is 0 Å². The van der Waals surface area contributed by atoms with Crippen molar-refractivity contribution in [3.05, 3.63) is 0 Å². The summed E-state index contributed by atoms with van der Waals surface area (Å²) < 4.78 is 5.12. The van der Waals surface area contributed by atoms with Crippen LogP contribution >= 0.6 is 0 Å². The molecule has 4 nitrogen and oxygen atoms in total. The predicted octanol–water partition coefficient (Wildman–Crippen LogP) is 1.96. The molecule has 17 heavy (non-hydrogen) atoms. The Bertz CT molecular complexity index is 186. The third-order valence-corrected chi connectivity index (χ3v) is 2.75. The van der Waals surface area contributed by atoms with Crippen LogP contribution in [0, 0.1) is 0 Å². The van der Waals surface area contributed by atoms with Gasteiger partial charge in [-0.1, -0.05) is 19.8 Å². The van der Waals surface area contributed by atoms with Crippen LogP contribution in [-0.2, 0) is 9.53 Å². The summed E-state index contributed by atoms with van der Waals surface area (Å²) in [4.78, 5) is 11.3. The highest BCUT2D eigenvalue weighted by Crippen LogP contribution is 2.04. The third-order valence-electron chi connectivity index (χ3n) is 2.75. The minimum atomic E-state index is -0.0750. The van der Waals surface area contributed by atoms with Crippen molar-refractivity contribution in [2.24, 2.45) is 11.5 Å². The molecule has 1 atom stereocenters. The van der Waals surface area contributed by atoms with E-state index in [1.807, 2.05) is 0 Å². The zero-order valence-electron chi connectivity index (χ0n) is 11.1. The molecule has 0 radical (unpaired) electrons. The first kappa shape index (κ1) is 16.4. The Labute approximate surface area is 105 Å². The molecule has 0 heterocycles. The van der Waals surface area contributed by atoms with Crippen LogP contribution in [0.25, 0.3) is 0 Å². The van der Waals surface area contributed by atoms with Gasteiger partial charge in [0.25, 0.3) is 0 Å². The molecule has 0 aromatic carbocycles. The van der Waals surface area contributed by atoms with Crippen LogP contribution in [0.2, 0.25) is 0 Å². The van der Waals surface area contributed by atoms with Gasteiger partial charge in [-0.2, -0.15) is 0 Å². The largest absolute Gasteiger partial charge is 0.466 e. The molecule has 102 valence electrons. The highest BCUT2D eigenvalue weighted by molar-refractivity contribution is 5.69. The van der Waals surface area contributed by atoms with E-state index in [2.05, 4.69) is 6.92 Å². The number of rotatable bonds is 11. The molecule has 0 aliphatic carbocycles. The second-order valence-electron chi connectivity index (χ2n) is 4.51. The monoisotopic (exact) mass is 244 g/mol. The SMILES string of the molecule is CCCCCC(=O)OCCCC(N)CCCN. The van der Waals surface area contributed by atoms with Gasteiger partial charge < -0.3 is 16.2 Å². The first-order valence-corrected chi connectivity index (χ1v) is 6.82. The van der Waals surface area contributed by atoms with Crippen LogP contribution in [-0.4, -0.2) is 25.2 Å². The normalized spacial score (nSPS) is 12.4. The van der Waals surface area contributed by atoms with Crippen LogP contribution < -0.4 is 11.5 Å². The number of esters is 1. The molecule has 0 aromatic heterocycles. The van der Waals surface area contributed by atoms with E-state index < -0.39 is 0 Å². The standard InChI is InChI=1S/C13H28N2O2/c1-2-3-4-9-13(16)17-11-6-8-12(15)7-5-10-14/h12H,2-11,14-15H2,1H3. The van der Waals surface area contributed by atoms with Crippen molar-refractivity contribution in [1.82, 2.24) is 0 Å². The summed E-state index contributed by atoms with van der Waals surface area (Å²) in [7, 11) is 0. The van der Waals surface area contributed by atoms with Gasteiger partial charge in [-0.3, -0.25) is 4.79 Å². The smallest absolute Gasteiger partial charge is 0.305 e. The van der Waals surface area contributed by atoms with Gasteiger partial charge in [-0.05, 0) is 38.6 Å². The predicted molar refractivity (Wildman–Crippen MR) is 70.6 cm³/mol. The van der Waals surface area contributed by atoms with Crippen molar-refractivity contribution in [2.75, 3.05) is 13.2 Å². The third kappa shape index (κ3) is 11.6. The lowest BCUT2D eigenvalue weighted by atomic mass is 10.1. The Balaban J connectivity index is 3.29. The maximum atomic E-state index is 11.3. The van der Waals surface area contributed by atoms with E-state index >= 15 is 0 Å². The fraction of sp³-hybridized carbons (Fsp3) is 0.923. The molecule has 0 saturated heterocycles. The highest BCUT2D eigenvalue weighted by Gasteiger charge is 2.04. The van der Waals surface area contributed by atoms with Crippen molar-refractivity contribution in [3.8, 4) is 0 Å². The van der Waals surface area contributed by atoms with Crippen molar-refractivity contribution in [1.29, 1.82) is 0 Å². The van der Waals surface area contributed by atoms with Gasteiger partial charge in [-0.25, -0.2) is 0 Å². The van der Waals surface area contributed by atoms with E-state index in [-0.39, 0.29) is 12.0 Å². The summed E-state index contributed by atoms with van der Waals surface area (Å²) in [5, 5.41) is 0. The van der Waals surface area contributed by atoms with E-state index in [1.165, 1.54) is 0 Å². The van der Waals surface area contributed by atoms with E-state index in [4.69, 9.17) is 16.2 Å². The molecule has 0 aliphatic rings. The first-order chi connectivity index (χ1) is 8.20. The van der Waals surface area contributed by atoms with Crippen LogP contribution in [0.3, 0.4) is 0 Å². The Kier molecular flexibility index (Phi) is 11.4. The van der Waals surface area contributed by atoms with E-state index in [9.17, 15) is 4.79 Å². The van der Waals surface area contributed by atoms with Crippen LogP contribution in [0.5, 0.6) is 0 Å². The van der Waals surface area contributed by atoms with Gasteiger partial charge >= 0.3 is 5.97 Å². The molecule has 0 aliphatic heterocycles. The van der Waals surface area contributed by atoms with Gasteiger partial charge in [-0.15, -0.1) is 0 Å². The fourth-order valence-corrected chi connectivity index (χ4v) is 1.65. The van der Waals surface area contributed by atoms with E-state index in [1.54, 1.807) is 0 Å². The first-order valence-electron chi connectivity index (χ1n) is 6.82. The van der Waals surface area contributed by atoms with Gasteiger partial charge in [0.1, 0.15) is 0 Å². The second kappa shape index (κ2) is 11.9. The minimum Gasteiger partial charge on any atom is -0.466 e. The summed E-state index contributed by atoms with van der Waals surface area (Å²) in [6, 6.07) is 0.192. The summed E-state index contributed by atoms with van der Waals surface area (Å²) in [5.74, 6) is -0.0750. The molecular weight excluding hydrogens is 216 g/mol. The molecule has 4 N–H and O–H groups in total. The minimum absolute atomic E-state index is 0.0750. The zero-order chi connectivity index (χ0) is 12.9. The maximum absolute atomic E-state index is 11.3. The second-order valence-corrected chi connectivity index (χ2v) is 4.51.